The first-order chi connectivity index (χ1) is 14.7. The molecule has 0 heterocycles. The highest BCUT2D eigenvalue weighted by Gasteiger charge is 2.28. The molecule has 3 rings (SSSR count). The number of halogens is 3. The van der Waals surface area contributed by atoms with Crippen molar-refractivity contribution in [2.45, 2.75) is 18.4 Å². The van der Waals surface area contributed by atoms with E-state index < -0.39 is 22.5 Å². The lowest BCUT2D eigenvalue weighted by atomic mass is 10.2. The van der Waals surface area contributed by atoms with Gasteiger partial charge in [-0.05, 0) is 48.9 Å². The van der Waals surface area contributed by atoms with Crippen LogP contribution in [0.15, 0.2) is 71.6 Å². The number of nitrogens with zero attached hydrogens (tertiary/aromatic N) is 1. The van der Waals surface area contributed by atoms with Gasteiger partial charge in [-0.15, -0.1) is 0 Å². The van der Waals surface area contributed by atoms with Gasteiger partial charge in [-0.2, -0.15) is 0 Å². The van der Waals surface area contributed by atoms with Gasteiger partial charge in [0.1, 0.15) is 6.54 Å². The SMILES string of the molecule is Cc1ccc(S(=O)(=O)N(CC(=O)NCc2ccc(Cl)cc2Cl)c2ccccc2Cl)cc1. The molecule has 0 spiro atoms. The van der Waals surface area contributed by atoms with Gasteiger partial charge in [0.05, 0.1) is 15.6 Å². The number of aryl methyl sites for hydroxylation is 1. The number of nitrogens with one attached hydrogen (secondary N) is 1. The summed E-state index contributed by atoms with van der Waals surface area (Å²) in [4.78, 5) is 12.8. The van der Waals surface area contributed by atoms with Crippen LogP contribution in [0.3, 0.4) is 0 Å². The highest BCUT2D eigenvalue weighted by atomic mass is 35.5. The van der Waals surface area contributed by atoms with Gasteiger partial charge < -0.3 is 5.32 Å². The summed E-state index contributed by atoms with van der Waals surface area (Å²) in [5.74, 6) is -0.512. The molecule has 9 heteroatoms. The summed E-state index contributed by atoms with van der Waals surface area (Å²) >= 11 is 18.3. The van der Waals surface area contributed by atoms with Crippen LogP contribution in [0.4, 0.5) is 5.69 Å². The van der Waals surface area contributed by atoms with Crippen LogP contribution in [0.25, 0.3) is 0 Å². The number of sulfonamides is 1. The van der Waals surface area contributed by atoms with Crippen molar-refractivity contribution in [3.05, 3.63) is 92.9 Å². The lowest BCUT2D eigenvalue weighted by Crippen LogP contribution is -2.40. The van der Waals surface area contributed by atoms with E-state index in [2.05, 4.69) is 5.32 Å². The normalized spacial score (nSPS) is 11.2. The molecule has 0 unspecified atom stereocenters. The topological polar surface area (TPSA) is 66.5 Å². The smallest absolute Gasteiger partial charge is 0.264 e. The minimum atomic E-state index is -4.04. The minimum Gasteiger partial charge on any atom is -0.350 e. The number of amides is 1. The Kier molecular flexibility index (Phi) is 7.49. The maximum absolute atomic E-state index is 13.3. The highest BCUT2D eigenvalue weighted by Crippen LogP contribution is 2.30. The summed E-state index contributed by atoms with van der Waals surface area (Å²) in [7, 11) is -4.04. The molecule has 0 fully saturated rings. The van der Waals surface area contributed by atoms with Crippen molar-refractivity contribution in [1.82, 2.24) is 5.32 Å². The van der Waals surface area contributed by atoms with Crippen LogP contribution in [0.1, 0.15) is 11.1 Å². The Hall–Kier alpha value is -2.25. The molecule has 0 aliphatic heterocycles. The quantitative estimate of drug-likeness (QED) is 0.471. The molecule has 0 aliphatic rings. The van der Waals surface area contributed by atoms with Gasteiger partial charge in [0.2, 0.25) is 5.91 Å². The third-order valence-corrected chi connectivity index (χ3v) is 7.19. The van der Waals surface area contributed by atoms with Gasteiger partial charge in [0.25, 0.3) is 10.0 Å². The number of rotatable bonds is 7. The zero-order chi connectivity index (χ0) is 22.6. The largest absolute Gasteiger partial charge is 0.350 e. The number of carbonyl (C=O) groups is 1. The molecule has 1 amide bonds. The highest BCUT2D eigenvalue weighted by molar-refractivity contribution is 7.92. The van der Waals surface area contributed by atoms with E-state index in [0.717, 1.165) is 9.87 Å². The van der Waals surface area contributed by atoms with Gasteiger partial charge in [0, 0.05) is 16.6 Å². The van der Waals surface area contributed by atoms with E-state index in [-0.39, 0.29) is 22.2 Å². The molecule has 0 aliphatic carbocycles. The summed E-state index contributed by atoms with van der Waals surface area (Å²) < 4.78 is 27.7. The van der Waals surface area contributed by atoms with Crippen LogP contribution in [-0.4, -0.2) is 20.9 Å². The van der Waals surface area contributed by atoms with Gasteiger partial charge in [-0.25, -0.2) is 8.42 Å². The van der Waals surface area contributed by atoms with Crippen molar-refractivity contribution < 1.29 is 13.2 Å². The van der Waals surface area contributed by atoms with Crippen molar-refractivity contribution >= 4 is 56.4 Å². The number of benzene rings is 3. The van der Waals surface area contributed by atoms with E-state index in [1.165, 1.54) is 12.1 Å². The van der Waals surface area contributed by atoms with E-state index in [0.29, 0.717) is 15.6 Å². The maximum Gasteiger partial charge on any atom is 0.264 e. The summed E-state index contributed by atoms with van der Waals surface area (Å²) in [6, 6.07) is 17.8. The molecule has 3 aromatic carbocycles. The Balaban J connectivity index is 1.87. The molecule has 162 valence electrons. The van der Waals surface area contributed by atoms with Crippen LogP contribution in [0, 0.1) is 6.92 Å². The lowest BCUT2D eigenvalue weighted by Gasteiger charge is -2.25. The number of hydrogen-bond donors (Lipinski definition) is 1. The third-order valence-electron chi connectivity index (χ3n) is 4.51. The van der Waals surface area contributed by atoms with Crippen LogP contribution < -0.4 is 9.62 Å². The predicted molar refractivity (Wildman–Crippen MR) is 125 cm³/mol. The van der Waals surface area contributed by atoms with Crippen molar-refractivity contribution in [3.63, 3.8) is 0 Å². The Morgan fingerprint density at radius 1 is 0.935 bits per heavy atom. The second-order valence-electron chi connectivity index (χ2n) is 6.79. The number of hydrogen-bond acceptors (Lipinski definition) is 3. The second-order valence-corrected chi connectivity index (χ2v) is 9.90. The predicted octanol–water partition coefficient (Wildman–Crippen LogP) is 5.47. The van der Waals surface area contributed by atoms with Gasteiger partial charge >= 0.3 is 0 Å². The fraction of sp³-hybridized carbons (Fsp3) is 0.136. The first-order valence-corrected chi connectivity index (χ1v) is 11.8. The van der Waals surface area contributed by atoms with Crippen molar-refractivity contribution in [2.24, 2.45) is 0 Å². The minimum absolute atomic E-state index is 0.0616. The fourth-order valence-corrected chi connectivity index (χ4v) is 5.04. The van der Waals surface area contributed by atoms with Gasteiger partial charge in [0.15, 0.2) is 0 Å². The second kappa shape index (κ2) is 9.92. The van der Waals surface area contributed by atoms with Crippen molar-refractivity contribution in [1.29, 1.82) is 0 Å². The zero-order valence-corrected chi connectivity index (χ0v) is 19.6. The van der Waals surface area contributed by atoms with E-state index in [1.807, 2.05) is 6.92 Å². The van der Waals surface area contributed by atoms with Crippen LogP contribution >= 0.6 is 34.8 Å². The number of para-hydroxylation sites is 1. The van der Waals surface area contributed by atoms with E-state index in [4.69, 9.17) is 34.8 Å². The third kappa shape index (κ3) is 5.71. The Morgan fingerprint density at radius 2 is 1.61 bits per heavy atom. The summed E-state index contributed by atoms with van der Waals surface area (Å²) in [6.45, 7) is 1.53. The zero-order valence-electron chi connectivity index (χ0n) is 16.5. The number of carbonyl (C=O) groups excluding carboxylic acids is 1. The maximum atomic E-state index is 13.3. The van der Waals surface area contributed by atoms with Gasteiger partial charge in [-0.3, -0.25) is 9.10 Å². The monoisotopic (exact) mass is 496 g/mol. The Morgan fingerprint density at radius 3 is 2.26 bits per heavy atom. The first kappa shape index (κ1) is 23.4. The summed E-state index contributed by atoms with van der Waals surface area (Å²) in [6.07, 6.45) is 0. The molecule has 0 radical (unpaired) electrons. The summed E-state index contributed by atoms with van der Waals surface area (Å²) in [5.41, 5.74) is 1.79. The average Bonchev–Trinajstić information content (AvgIpc) is 2.72. The molecule has 0 atom stereocenters. The van der Waals surface area contributed by atoms with Crippen molar-refractivity contribution in [2.75, 3.05) is 10.8 Å². The molecular weight excluding hydrogens is 479 g/mol. The summed E-state index contributed by atoms with van der Waals surface area (Å²) in [5, 5.41) is 3.80. The average molecular weight is 498 g/mol. The van der Waals surface area contributed by atoms with E-state index in [9.17, 15) is 13.2 Å². The van der Waals surface area contributed by atoms with E-state index >= 15 is 0 Å². The van der Waals surface area contributed by atoms with Crippen LogP contribution in [0.5, 0.6) is 0 Å². The Bertz CT molecular complexity index is 1200. The fourth-order valence-electron chi connectivity index (χ4n) is 2.84. The molecular formula is C22H19Cl3N2O3S. The van der Waals surface area contributed by atoms with Gasteiger partial charge in [-0.1, -0.05) is 70.7 Å². The molecule has 3 aromatic rings. The molecule has 1 N–H and O–H groups in total. The molecule has 0 saturated heterocycles. The molecule has 5 nitrogen and oxygen atoms in total. The van der Waals surface area contributed by atoms with Crippen LogP contribution in [0.2, 0.25) is 15.1 Å². The lowest BCUT2D eigenvalue weighted by molar-refractivity contribution is -0.119. The first-order valence-electron chi connectivity index (χ1n) is 9.23. The molecule has 0 bridgehead atoms. The standard InChI is InChI=1S/C22H19Cl3N2O3S/c1-15-6-10-18(11-7-15)31(29,30)27(21-5-3-2-4-19(21)24)14-22(28)26-13-16-8-9-17(23)12-20(16)25/h2-12H,13-14H2,1H3,(H,26,28). The van der Waals surface area contributed by atoms with Crippen molar-refractivity contribution in [3.8, 4) is 0 Å². The molecule has 0 saturated carbocycles. The Labute approximate surface area is 196 Å². The van der Waals surface area contributed by atoms with E-state index in [1.54, 1.807) is 54.6 Å². The number of anilines is 1. The molecule has 31 heavy (non-hydrogen) atoms. The molecule has 0 aromatic heterocycles. The van der Waals surface area contributed by atoms with Crippen LogP contribution in [-0.2, 0) is 21.4 Å².